The zero-order chi connectivity index (χ0) is 28.3. The maximum atomic E-state index is 14.8. The number of hydrogen-bond donors (Lipinski definition) is 0. The molecule has 2 aliphatic heterocycles. The molecule has 2 atom stereocenters. The number of nitrogens with zero attached hydrogens (tertiary/aromatic N) is 2. The highest BCUT2D eigenvalue weighted by Crippen LogP contribution is 2.45. The van der Waals surface area contributed by atoms with Gasteiger partial charge in [-0.25, -0.2) is 0 Å². The average molecular weight is 545 g/mol. The first-order valence-corrected chi connectivity index (χ1v) is 14.4. The van der Waals surface area contributed by atoms with Crippen LogP contribution in [0.4, 0.5) is 0 Å². The van der Waals surface area contributed by atoms with E-state index in [2.05, 4.69) is 55.4 Å². The number of carbonyl (C=O) groups excluding carboxylic acids is 1. The van der Waals surface area contributed by atoms with Crippen LogP contribution in [0.2, 0.25) is 0 Å². The third kappa shape index (κ3) is 5.68. The molecule has 0 radical (unpaired) electrons. The topological polar surface area (TPSA) is 51.1 Å². The van der Waals surface area contributed by atoms with E-state index in [4.69, 9.17) is 9.57 Å². The molecule has 1 saturated heterocycles. The van der Waals surface area contributed by atoms with E-state index < -0.39 is 17.4 Å². The van der Waals surface area contributed by atoms with E-state index in [-0.39, 0.29) is 11.9 Å². The third-order valence-corrected chi connectivity index (χ3v) is 8.21. The molecule has 0 N–H and O–H groups in total. The first kappa shape index (κ1) is 27.0. The minimum atomic E-state index is -0.915. The largest absolute Gasteiger partial charge is 0.382 e. The number of amides is 1. The molecule has 0 spiro atoms. The molecule has 5 nitrogen and oxygen atoms in total. The molecule has 5 heteroatoms. The monoisotopic (exact) mass is 544 g/mol. The number of oxime groups is 1. The quantitative estimate of drug-likeness (QED) is 0.251. The predicted octanol–water partition coefficient (Wildman–Crippen LogP) is 6.61. The first-order valence-electron chi connectivity index (χ1n) is 14.4. The summed E-state index contributed by atoms with van der Waals surface area (Å²) in [5, 5.41) is 4.37. The lowest BCUT2D eigenvalue weighted by Gasteiger charge is -2.40. The molecular weight excluding hydrogens is 508 g/mol. The Morgan fingerprint density at radius 2 is 1.24 bits per heavy atom. The Labute approximate surface area is 242 Å². The van der Waals surface area contributed by atoms with Gasteiger partial charge < -0.3 is 14.5 Å². The Morgan fingerprint density at radius 3 is 1.78 bits per heavy atom. The van der Waals surface area contributed by atoms with Crippen molar-refractivity contribution in [2.75, 3.05) is 0 Å². The number of benzene rings is 4. The van der Waals surface area contributed by atoms with Crippen LogP contribution < -0.4 is 0 Å². The summed E-state index contributed by atoms with van der Waals surface area (Å²) in [6.45, 7) is 4.22. The molecule has 0 unspecified atom stereocenters. The fraction of sp³-hybridized carbons (Fsp3) is 0.278. The Kier molecular flexibility index (Phi) is 7.46. The van der Waals surface area contributed by atoms with Gasteiger partial charge in [0, 0.05) is 19.3 Å². The molecule has 0 aromatic heterocycles. The maximum absolute atomic E-state index is 14.8. The van der Waals surface area contributed by atoms with Gasteiger partial charge in [0.25, 0.3) is 5.91 Å². The van der Waals surface area contributed by atoms with Crippen LogP contribution in [-0.2, 0) is 33.6 Å². The molecule has 1 fully saturated rings. The Bertz CT molecular complexity index is 1450. The molecule has 4 aromatic carbocycles. The van der Waals surface area contributed by atoms with E-state index in [1.807, 2.05) is 89.8 Å². The molecule has 0 aliphatic carbocycles. The van der Waals surface area contributed by atoms with Crippen molar-refractivity contribution in [2.45, 2.75) is 63.0 Å². The van der Waals surface area contributed by atoms with Gasteiger partial charge in [-0.3, -0.25) is 4.79 Å². The number of ether oxygens (including phenoxy) is 1. The lowest BCUT2D eigenvalue weighted by Crippen LogP contribution is -2.58. The van der Waals surface area contributed by atoms with Crippen molar-refractivity contribution in [1.82, 2.24) is 4.90 Å². The van der Waals surface area contributed by atoms with Gasteiger partial charge in [0.15, 0.2) is 5.72 Å². The van der Waals surface area contributed by atoms with Crippen molar-refractivity contribution in [1.29, 1.82) is 0 Å². The third-order valence-electron chi connectivity index (χ3n) is 8.21. The molecule has 2 aliphatic rings. The number of rotatable bonds is 8. The van der Waals surface area contributed by atoms with E-state index in [0.29, 0.717) is 25.7 Å². The van der Waals surface area contributed by atoms with Crippen LogP contribution in [0.15, 0.2) is 126 Å². The van der Waals surface area contributed by atoms with Gasteiger partial charge in [-0.15, -0.1) is 0 Å². The van der Waals surface area contributed by atoms with Crippen molar-refractivity contribution in [2.24, 2.45) is 5.16 Å². The van der Waals surface area contributed by atoms with Crippen molar-refractivity contribution >= 4 is 11.6 Å². The zero-order valence-electron chi connectivity index (χ0n) is 23.6. The Balaban J connectivity index is 1.42. The standard InChI is InChI=1S/C36H36N2O3/c1-35(2)33(23-27-15-7-3-8-16-27)38(34(39)32-24-31(37-40-32)30-21-13-6-14-22-30)36(41-35,25-28-17-9-4-10-18-28)26-29-19-11-5-12-20-29/h3-22,32-33H,23-26H2,1-2H3/t32-,33-/m0/s1. The molecule has 2 heterocycles. The van der Waals surface area contributed by atoms with Crippen molar-refractivity contribution in [3.05, 3.63) is 144 Å². The average Bonchev–Trinajstić information content (AvgIpc) is 3.56. The van der Waals surface area contributed by atoms with E-state index in [1.54, 1.807) is 0 Å². The van der Waals surface area contributed by atoms with Crippen LogP contribution >= 0.6 is 0 Å². The molecule has 0 saturated carbocycles. The molecule has 1 amide bonds. The van der Waals surface area contributed by atoms with Crippen molar-refractivity contribution in [3.8, 4) is 0 Å². The summed E-state index contributed by atoms with van der Waals surface area (Å²) in [4.78, 5) is 22.7. The second-order valence-corrected chi connectivity index (χ2v) is 11.6. The molecule has 208 valence electrons. The van der Waals surface area contributed by atoms with Crippen LogP contribution in [0.3, 0.4) is 0 Å². The van der Waals surface area contributed by atoms with Gasteiger partial charge in [-0.2, -0.15) is 0 Å². The Morgan fingerprint density at radius 1 is 0.756 bits per heavy atom. The molecule has 41 heavy (non-hydrogen) atoms. The van der Waals surface area contributed by atoms with Crippen LogP contribution in [0, 0.1) is 0 Å². The number of carbonyl (C=O) groups is 1. The smallest absolute Gasteiger partial charge is 0.269 e. The molecule has 6 rings (SSSR count). The summed E-state index contributed by atoms with van der Waals surface area (Å²) in [5.74, 6) is -0.0851. The van der Waals surface area contributed by atoms with E-state index in [1.165, 1.54) is 0 Å². The van der Waals surface area contributed by atoms with Gasteiger partial charge in [0.1, 0.15) is 0 Å². The summed E-state index contributed by atoms with van der Waals surface area (Å²) in [5.41, 5.74) is 3.63. The SMILES string of the molecule is CC1(C)OC(Cc2ccccc2)(Cc2ccccc2)N(C(=O)[C@@H]2CC(c3ccccc3)=NO2)[C@H]1Cc1ccccc1. The van der Waals surface area contributed by atoms with Crippen LogP contribution in [-0.4, -0.2) is 40.0 Å². The molecular formula is C36H36N2O3. The fourth-order valence-corrected chi connectivity index (χ4v) is 6.33. The lowest BCUT2D eigenvalue weighted by atomic mass is 9.89. The second kappa shape index (κ2) is 11.3. The lowest BCUT2D eigenvalue weighted by molar-refractivity contribution is -0.167. The van der Waals surface area contributed by atoms with Crippen molar-refractivity contribution in [3.63, 3.8) is 0 Å². The summed E-state index contributed by atoms with van der Waals surface area (Å²) in [6.07, 6.45) is 1.49. The van der Waals surface area contributed by atoms with Crippen LogP contribution in [0.25, 0.3) is 0 Å². The highest BCUT2D eigenvalue weighted by molar-refractivity contribution is 6.04. The van der Waals surface area contributed by atoms with E-state index >= 15 is 0 Å². The van der Waals surface area contributed by atoms with Crippen LogP contribution in [0.5, 0.6) is 0 Å². The van der Waals surface area contributed by atoms with Gasteiger partial charge in [-0.1, -0.05) is 126 Å². The summed E-state index contributed by atoms with van der Waals surface area (Å²) in [7, 11) is 0. The van der Waals surface area contributed by atoms with E-state index in [0.717, 1.165) is 28.0 Å². The molecule has 0 bridgehead atoms. The minimum Gasteiger partial charge on any atom is -0.382 e. The van der Waals surface area contributed by atoms with Gasteiger partial charge in [0.05, 0.1) is 17.4 Å². The predicted molar refractivity (Wildman–Crippen MR) is 161 cm³/mol. The van der Waals surface area contributed by atoms with Gasteiger partial charge in [0.2, 0.25) is 6.10 Å². The van der Waals surface area contributed by atoms with Crippen molar-refractivity contribution < 1.29 is 14.4 Å². The summed E-state index contributed by atoms with van der Waals surface area (Å²) in [6, 6.07) is 40.7. The maximum Gasteiger partial charge on any atom is 0.269 e. The second-order valence-electron chi connectivity index (χ2n) is 11.6. The zero-order valence-corrected chi connectivity index (χ0v) is 23.6. The van der Waals surface area contributed by atoms with Gasteiger partial charge in [-0.05, 0) is 42.5 Å². The highest BCUT2D eigenvalue weighted by atomic mass is 16.6. The van der Waals surface area contributed by atoms with Gasteiger partial charge >= 0.3 is 0 Å². The highest BCUT2D eigenvalue weighted by Gasteiger charge is 2.59. The Hall–Kier alpha value is -4.22. The first-order chi connectivity index (χ1) is 19.9. The van der Waals surface area contributed by atoms with E-state index in [9.17, 15) is 4.79 Å². The normalized spacial score (nSPS) is 20.8. The number of hydrogen-bond acceptors (Lipinski definition) is 4. The molecule has 4 aromatic rings. The fourth-order valence-electron chi connectivity index (χ4n) is 6.33. The van der Waals surface area contributed by atoms with Crippen LogP contribution in [0.1, 0.15) is 42.5 Å². The summed E-state index contributed by atoms with van der Waals surface area (Å²) < 4.78 is 7.15. The summed E-state index contributed by atoms with van der Waals surface area (Å²) >= 11 is 0. The minimum absolute atomic E-state index is 0.0851.